The zero-order valence-electron chi connectivity index (χ0n) is 11.3. The molecule has 6 heteroatoms. The quantitative estimate of drug-likeness (QED) is 0.866. The summed E-state index contributed by atoms with van der Waals surface area (Å²) in [6.07, 6.45) is -4.03. The van der Waals surface area contributed by atoms with Gasteiger partial charge in [-0.3, -0.25) is 4.79 Å². The van der Waals surface area contributed by atoms with Crippen LogP contribution in [0, 0.1) is 11.8 Å². The van der Waals surface area contributed by atoms with Crippen LogP contribution in [0.1, 0.15) is 25.8 Å². The number of benzene rings is 1. The molecule has 1 aromatic carbocycles. The van der Waals surface area contributed by atoms with Crippen LogP contribution in [-0.2, 0) is 11.0 Å². The van der Waals surface area contributed by atoms with Gasteiger partial charge < -0.3 is 9.84 Å². The zero-order valence-corrected chi connectivity index (χ0v) is 11.3. The molecule has 0 spiro atoms. The average molecular weight is 290 g/mol. The van der Waals surface area contributed by atoms with Gasteiger partial charge in [0.25, 0.3) is 0 Å². The summed E-state index contributed by atoms with van der Waals surface area (Å²) in [6.45, 7) is 3.61. The van der Waals surface area contributed by atoms with Crippen LogP contribution in [0.3, 0.4) is 0 Å². The minimum Gasteiger partial charge on any atom is -0.493 e. The lowest BCUT2D eigenvalue weighted by molar-refractivity contribution is -0.143. The molecule has 20 heavy (non-hydrogen) atoms. The molecule has 0 aliphatic carbocycles. The third kappa shape index (κ3) is 5.11. The number of carbonyl (C=O) groups is 1. The van der Waals surface area contributed by atoms with Crippen molar-refractivity contribution in [3.05, 3.63) is 29.8 Å². The van der Waals surface area contributed by atoms with E-state index in [9.17, 15) is 18.0 Å². The molecule has 0 fully saturated rings. The molecule has 0 amide bonds. The lowest BCUT2D eigenvalue weighted by atomic mass is 9.98. The summed E-state index contributed by atoms with van der Waals surface area (Å²) in [5.41, 5.74) is -0.814. The number of ether oxygens (including phenoxy) is 1. The van der Waals surface area contributed by atoms with Gasteiger partial charge in [-0.2, -0.15) is 13.2 Å². The SMILES string of the molecule is CC(C)CC(COc1cccc(C(F)(F)F)c1)C(=O)O. The second-order valence-corrected chi connectivity index (χ2v) is 5.00. The summed E-state index contributed by atoms with van der Waals surface area (Å²) in [5.74, 6) is -1.55. The van der Waals surface area contributed by atoms with Crippen molar-refractivity contribution in [1.29, 1.82) is 0 Å². The van der Waals surface area contributed by atoms with E-state index in [1.165, 1.54) is 12.1 Å². The summed E-state index contributed by atoms with van der Waals surface area (Å²) < 4.78 is 42.7. The first-order valence-electron chi connectivity index (χ1n) is 6.23. The fourth-order valence-corrected chi connectivity index (χ4v) is 1.77. The molecule has 1 rings (SSSR count). The molecule has 1 aromatic rings. The van der Waals surface area contributed by atoms with Crippen LogP contribution < -0.4 is 4.74 Å². The highest BCUT2D eigenvalue weighted by atomic mass is 19.4. The monoisotopic (exact) mass is 290 g/mol. The third-order valence-corrected chi connectivity index (χ3v) is 2.72. The number of carboxylic acids is 1. The van der Waals surface area contributed by atoms with Gasteiger partial charge in [-0.05, 0) is 30.5 Å². The van der Waals surface area contributed by atoms with Crippen LogP contribution in [0.25, 0.3) is 0 Å². The summed E-state index contributed by atoms with van der Waals surface area (Å²) in [5, 5.41) is 9.02. The van der Waals surface area contributed by atoms with Gasteiger partial charge in [0.2, 0.25) is 0 Å². The topological polar surface area (TPSA) is 46.5 Å². The molecule has 0 saturated carbocycles. The summed E-state index contributed by atoms with van der Waals surface area (Å²) in [7, 11) is 0. The number of carboxylic acid groups (broad SMARTS) is 1. The predicted molar refractivity (Wildman–Crippen MR) is 67.5 cm³/mol. The minimum absolute atomic E-state index is 0.0230. The summed E-state index contributed by atoms with van der Waals surface area (Å²) in [6, 6.07) is 4.42. The lowest BCUT2D eigenvalue weighted by Gasteiger charge is -2.16. The Morgan fingerprint density at radius 3 is 2.50 bits per heavy atom. The van der Waals surface area contributed by atoms with E-state index in [4.69, 9.17) is 9.84 Å². The average Bonchev–Trinajstić information content (AvgIpc) is 2.33. The maximum Gasteiger partial charge on any atom is 0.416 e. The molecule has 0 aromatic heterocycles. The fourth-order valence-electron chi connectivity index (χ4n) is 1.77. The van der Waals surface area contributed by atoms with Crippen LogP contribution in [0.2, 0.25) is 0 Å². The van der Waals surface area contributed by atoms with E-state index >= 15 is 0 Å². The smallest absolute Gasteiger partial charge is 0.416 e. The van der Waals surface area contributed by atoms with Gasteiger partial charge in [0, 0.05) is 0 Å². The van der Waals surface area contributed by atoms with Crippen LogP contribution in [0.15, 0.2) is 24.3 Å². The minimum atomic E-state index is -4.44. The highest BCUT2D eigenvalue weighted by molar-refractivity contribution is 5.70. The Hall–Kier alpha value is -1.72. The van der Waals surface area contributed by atoms with Crippen molar-refractivity contribution in [3.63, 3.8) is 0 Å². The van der Waals surface area contributed by atoms with Crippen molar-refractivity contribution in [2.24, 2.45) is 11.8 Å². The molecule has 0 bridgehead atoms. The second-order valence-electron chi connectivity index (χ2n) is 5.00. The van der Waals surface area contributed by atoms with E-state index in [1.54, 1.807) is 0 Å². The molecular formula is C14H17F3O3. The van der Waals surface area contributed by atoms with Crippen molar-refractivity contribution in [2.45, 2.75) is 26.4 Å². The number of hydrogen-bond acceptors (Lipinski definition) is 2. The molecule has 1 atom stereocenters. The van der Waals surface area contributed by atoms with Gasteiger partial charge in [0.15, 0.2) is 0 Å². The van der Waals surface area contributed by atoms with E-state index in [0.29, 0.717) is 6.42 Å². The lowest BCUT2D eigenvalue weighted by Crippen LogP contribution is -2.23. The molecule has 3 nitrogen and oxygen atoms in total. The van der Waals surface area contributed by atoms with Crippen molar-refractivity contribution in [2.75, 3.05) is 6.61 Å². The number of alkyl halides is 3. The maximum atomic E-state index is 12.5. The number of aliphatic carboxylic acids is 1. The normalized spacial score (nSPS) is 13.3. The Kier molecular flexibility index (Phi) is 5.42. The second kappa shape index (κ2) is 6.63. The van der Waals surface area contributed by atoms with Gasteiger partial charge >= 0.3 is 12.1 Å². The van der Waals surface area contributed by atoms with Gasteiger partial charge in [-0.1, -0.05) is 19.9 Å². The van der Waals surface area contributed by atoms with E-state index in [1.807, 2.05) is 13.8 Å². The molecule has 0 radical (unpaired) electrons. The molecule has 0 saturated heterocycles. The van der Waals surface area contributed by atoms with E-state index in [2.05, 4.69) is 0 Å². The number of hydrogen-bond donors (Lipinski definition) is 1. The summed E-state index contributed by atoms with van der Waals surface area (Å²) in [4.78, 5) is 11.0. The molecule has 0 aliphatic rings. The molecule has 0 heterocycles. The Morgan fingerprint density at radius 1 is 1.35 bits per heavy atom. The Labute approximate surface area is 115 Å². The van der Waals surface area contributed by atoms with Crippen molar-refractivity contribution in [3.8, 4) is 5.75 Å². The number of halogens is 3. The fraction of sp³-hybridized carbons (Fsp3) is 0.500. The first-order chi connectivity index (χ1) is 9.20. The largest absolute Gasteiger partial charge is 0.493 e. The molecule has 1 N–H and O–H groups in total. The van der Waals surface area contributed by atoms with E-state index < -0.39 is 23.6 Å². The molecular weight excluding hydrogens is 273 g/mol. The number of rotatable bonds is 6. The van der Waals surface area contributed by atoms with Gasteiger partial charge in [-0.25, -0.2) is 0 Å². The zero-order chi connectivity index (χ0) is 15.3. The molecule has 112 valence electrons. The summed E-state index contributed by atoms with van der Waals surface area (Å²) >= 11 is 0. The van der Waals surface area contributed by atoms with Gasteiger partial charge in [0.05, 0.1) is 11.5 Å². The third-order valence-electron chi connectivity index (χ3n) is 2.72. The van der Waals surface area contributed by atoms with Crippen molar-refractivity contribution >= 4 is 5.97 Å². The first kappa shape index (κ1) is 16.3. The van der Waals surface area contributed by atoms with Crippen LogP contribution >= 0.6 is 0 Å². The van der Waals surface area contributed by atoms with Gasteiger partial charge in [-0.15, -0.1) is 0 Å². The van der Waals surface area contributed by atoms with Crippen molar-refractivity contribution in [1.82, 2.24) is 0 Å². The van der Waals surface area contributed by atoms with Crippen molar-refractivity contribution < 1.29 is 27.8 Å². The molecule has 1 unspecified atom stereocenters. The van der Waals surface area contributed by atoms with E-state index in [-0.39, 0.29) is 18.3 Å². The van der Waals surface area contributed by atoms with E-state index in [0.717, 1.165) is 12.1 Å². The van der Waals surface area contributed by atoms with Crippen LogP contribution in [0.4, 0.5) is 13.2 Å². The van der Waals surface area contributed by atoms with Crippen LogP contribution in [-0.4, -0.2) is 17.7 Å². The maximum absolute atomic E-state index is 12.5. The molecule has 0 aliphatic heterocycles. The Morgan fingerprint density at radius 2 is 2.00 bits per heavy atom. The predicted octanol–water partition coefficient (Wildman–Crippen LogP) is 3.83. The highest BCUT2D eigenvalue weighted by Gasteiger charge is 2.30. The van der Waals surface area contributed by atoms with Crippen LogP contribution in [0.5, 0.6) is 5.75 Å². The Balaban J connectivity index is 2.71. The van der Waals surface area contributed by atoms with Gasteiger partial charge in [0.1, 0.15) is 12.4 Å². The Bertz CT molecular complexity index is 455. The highest BCUT2D eigenvalue weighted by Crippen LogP contribution is 2.31. The first-order valence-corrected chi connectivity index (χ1v) is 6.23. The standard InChI is InChI=1S/C14H17F3O3/c1-9(2)6-10(13(18)19)8-20-12-5-3-4-11(7-12)14(15,16)17/h3-5,7,9-10H,6,8H2,1-2H3,(H,18,19).